The molecule has 7 heteroatoms. The molecule has 0 aliphatic carbocycles. The smallest absolute Gasteiger partial charge is 0.182 e. The lowest BCUT2D eigenvalue weighted by atomic mass is 10.2. The highest BCUT2D eigenvalue weighted by molar-refractivity contribution is 5.81. The third kappa shape index (κ3) is 2.52. The van der Waals surface area contributed by atoms with Crippen molar-refractivity contribution >= 4 is 17.0 Å². The molecule has 1 saturated heterocycles. The van der Waals surface area contributed by atoms with Gasteiger partial charge < -0.3 is 15.2 Å². The first-order chi connectivity index (χ1) is 9.24. The number of hydrogen-bond donors (Lipinski definition) is 2. The molecular weight excluding hydrogens is 242 g/mol. The van der Waals surface area contributed by atoms with Gasteiger partial charge in [0.15, 0.2) is 11.5 Å². The predicted octanol–water partition coefficient (Wildman–Crippen LogP) is 0.0106. The van der Waals surface area contributed by atoms with Crippen LogP contribution in [0, 0.1) is 0 Å². The lowest BCUT2D eigenvalue weighted by molar-refractivity contribution is 0.122. The Bertz CT molecular complexity index is 552. The monoisotopic (exact) mass is 261 g/mol. The topological polar surface area (TPSA) is 73.0 Å². The van der Waals surface area contributed by atoms with Gasteiger partial charge in [0.05, 0.1) is 6.33 Å². The maximum Gasteiger partial charge on any atom is 0.182 e. The highest BCUT2D eigenvalue weighted by Crippen LogP contribution is 2.15. The van der Waals surface area contributed by atoms with Crippen LogP contribution in [-0.4, -0.2) is 76.1 Å². The number of aromatic amines is 1. The summed E-state index contributed by atoms with van der Waals surface area (Å²) in [5.74, 6) is 0.823. The van der Waals surface area contributed by atoms with E-state index in [1.54, 1.807) is 12.7 Å². The Morgan fingerprint density at radius 2 is 2.21 bits per heavy atom. The molecule has 0 spiro atoms. The summed E-state index contributed by atoms with van der Waals surface area (Å²) in [5, 5.41) is 3.40. The number of likely N-dealkylation sites (N-methyl/N-ethyl adjacent to an activating group) is 2. The van der Waals surface area contributed by atoms with Crippen molar-refractivity contribution < 1.29 is 0 Å². The first-order valence-corrected chi connectivity index (χ1v) is 6.51. The molecule has 1 aliphatic rings. The number of hydrogen-bond acceptors (Lipinski definition) is 6. The van der Waals surface area contributed by atoms with Crippen molar-refractivity contribution in [2.24, 2.45) is 0 Å². The standard InChI is InChI=1S/C12H19N7/c1-18-3-4-19(2)9(6-18)5-13-11-10-12(15-7-14-10)17-8-16-11/h7-9H,3-6H2,1-2H3,(H2,13,14,15,16,17). The van der Waals surface area contributed by atoms with Crippen LogP contribution >= 0.6 is 0 Å². The van der Waals surface area contributed by atoms with E-state index < -0.39 is 0 Å². The van der Waals surface area contributed by atoms with Crippen LogP contribution in [0.2, 0.25) is 0 Å². The highest BCUT2D eigenvalue weighted by atomic mass is 15.3. The van der Waals surface area contributed by atoms with E-state index in [4.69, 9.17) is 0 Å². The van der Waals surface area contributed by atoms with Crippen LogP contribution in [0.4, 0.5) is 5.82 Å². The van der Waals surface area contributed by atoms with Crippen molar-refractivity contribution in [3.8, 4) is 0 Å². The summed E-state index contributed by atoms with van der Waals surface area (Å²) in [6.45, 7) is 4.17. The van der Waals surface area contributed by atoms with Crippen molar-refractivity contribution in [3.63, 3.8) is 0 Å². The number of fused-ring (bicyclic) bond motifs is 1. The molecule has 102 valence electrons. The summed E-state index contributed by atoms with van der Waals surface area (Å²) in [6.07, 6.45) is 3.19. The molecule has 3 rings (SSSR count). The fraction of sp³-hybridized carbons (Fsp3) is 0.583. The van der Waals surface area contributed by atoms with Crippen LogP contribution in [0.25, 0.3) is 11.2 Å². The van der Waals surface area contributed by atoms with E-state index in [1.807, 2.05) is 0 Å². The zero-order chi connectivity index (χ0) is 13.2. The molecule has 2 N–H and O–H groups in total. The number of nitrogens with one attached hydrogen (secondary N) is 2. The molecule has 1 fully saturated rings. The van der Waals surface area contributed by atoms with E-state index in [-0.39, 0.29) is 0 Å². The SMILES string of the molecule is CN1CCN(C)C(CNc2ncnc3nc[nH]c23)C1. The Morgan fingerprint density at radius 3 is 3.11 bits per heavy atom. The number of nitrogens with zero attached hydrogens (tertiary/aromatic N) is 5. The van der Waals surface area contributed by atoms with Gasteiger partial charge in [0, 0.05) is 32.2 Å². The minimum Gasteiger partial charge on any atom is -0.367 e. The molecule has 1 aliphatic heterocycles. The fourth-order valence-corrected chi connectivity index (χ4v) is 2.44. The first-order valence-electron chi connectivity index (χ1n) is 6.51. The van der Waals surface area contributed by atoms with E-state index in [0.717, 1.165) is 37.5 Å². The van der Waals surface area contributed by atoms with Gasteiger partial charge in [-0.3, -0.25) is 4.90 Å². The van der Waals surface area contributed by atoms with Gasteiger partial charge in [-0.25, -0.2) is 15.0 Å². The van der Waals surface area contributed by atoms with Crippen molar-refractivity contribution in [2.45, 2.75) is 6.04 Å². The minimum absolute atomic E-state index is 0.492. The van der Waals surface area contributed by atoms with Crippen molar-refractivity contribution in [2.75, 3.05) is 45.6 Å². The molecule has 0 radical (unpaired) electrons. The quantitative estimate of drug-likeness (QED) is 0.811. The van der Waals surface area contributed by atoms with Gasteiger partial charge in [-0.15, -0.1) is 0 Å². The first kappa shape index (κ1) is 12.3. The molecule has 0 bridgehead atoms. The number of piperazine rings is 1. The fourth-order valence-electron chi connectivity index (χ4n) is 2.44. The molecule has 7 nitrogen and oxygen atoms in total. The van der Waals surface area contributed by atoms with Crippen LogP contribution in [-0.2, 0) is 0 Å². The third-order valence-corrected chi connectivity index (χ3v) is 3.71. The zero-order valence-electron chi connectivity index (χ0n) is 11.3. The molecule has 2 aromatic rings. The van der Waals surface area contributed by atoms with E-state index in [2.05, 4.69) is 49.1 Å². The Kier molecular flexibility index (Phi) is 3.31. The number of rotatable bonds is 3. The molecule has 1 unspecified atom stereocenters. The van der Waals surface area contributed by atoms with Gasteiger partial charge in [-0.2, -0.15) is 0 Å². The van der Waals surface area contributed by atoms with E-state index in [1.165, 1.54) is 0 Å². The van der Waals surface area contributed by atoms with Crippen LogP contribution in [0.1, 0.15) is 0 Å². The van der Waals surface area contributed by atoms with Crippen LogP contribution in [0.5, 0.6) is 0 Å². The van der Waals surface area contributed by atoms with Crippen molar-refractivity contribution in [1.82, 2.24) is 29.7 Å². The maximum atomic E-state index is 4.28. The lowest BCUT2D eigenvalue weighted by Gasteiger charge is -2.37. The third-order valence-electron chi connectivity index (χ3n) is 3.71. The number of H-pyrrole nitrogens is 1. The summed E-state index contributed by atoms with van der Waals surface area (Å²) < 4.78 is 0. The normalized spacial score (nSPS) is 21.9. The second-order valence-electron chi connectivity index (χ2n) is 5.10. The van der Waals surface area contributed by atoms with Crippen LogP contribution < -0.4 is 5.32 Å². The van der Waals surface area contributed by atoms with Gasteiger partial charge >= 0.3 is 0 Å². The van der Waals surface area contributed by atoms with Crippen LogP contribution in [0.15, 0.2) is 12.7 Å². The maximum absolute atomic E-state index is 4.28. The second-order valence-corrected chi connectivity index (χ2v) is 5.10. The molecule has 0 amide bonds. The summed E-state index contributed by atoms with van der Waals surface area (Å²) in [4.78, 5) is 20.3. The molecule has 0 aromatic carbocycles. The summed E-state index contributed by atoms with van der Waals surface area (Å²) in [6, 6.07) is 0.492. The molecule has 2 aromatic heterocycles. The van der Waals surface area contributed by atoms with E-state index in [0.29, 0.717) is 11.7 Å². The van der Waals surface area contributed by atoms with Gasteiger partial charge in [0.2, 0.25) is 0 Å². The average molecular weight is 261 g/mol. The predicted molar refractivity (Wildman–Crippen MR) is 74.1 cm³/mol. The van der Waals surface area contributed by atoms with Gasteiger partial charge in [-0.1, -0.05) is 0 Å². The minimum atomic E-state index is 0.492. The highest BCUT2D eigenvalue weighted by Gasteiger charge is 2.22. The van der Waals surface area contributed by atoms with Crippen molar-refractivity contribution in [1.29, 1.82) is 0 Å². The number of aromatic nitrogens is 4. The largest absolute Gasteiger partial charge is 0.367 e. The summed E-state index contributed by atoms with van der Waals surface area (Å²) >= 11 is 0. The average Bonchev–Trinajstić information content (AvgIpc) is 2.88. The lowest BCUT2D eigenvalue weighted by Crippen LogP contribution is -2.52. The number of imidazole rings is 1. The van der Waals surface area contributed by atoms with Crippen molar-refractivity contribution in [3.05, 3.63) is 12.7 Å². The Morgan fingerprint density at radius 1 is 1.32 bits per heavy atom. The summed E-state index contributed by atoms with van der Waals surface area (Å²) in [7, 11) is 4.34. The zero-order valence-corrected chi connectivity index (χ0v) is 11.3. The van der Waals surface area contributed by atoms with Gasteiger partial charge in [0.25, 0.3) is 0 Å². The molecule has 0 saturated carbocycles. The van der Waals surface area contributed by atoms with E-state index in [9.17, 15) is 0 Å². The Labute approximate surface area is 112 Å². The van der Waals surface area contributed by atoms with Gasteiger partial charge in [0.1, 0.15) is 11.8 Å². The number of anilines is 1. The molecular formula is C12H19N7. The summed E-state index contributed by atoms with van der Waals surface area (Å²) in [5.41, 5.74) is 1.57. The molecule has 19 heavy (non-hydrogen) atoms. The Hall–Kier alpha value is -1.73. The second kappa shape index (κ2) is 5.10. The van der Waals surface area contributed by atoms with Crippen LogP contribution in [0.3, 0.4) is 0 Å². The van der Waals surface area contributed by atoms with E-state index >= 15 is 0 Å². The van der Waals surface area contributed by atoms with Gasteiger partial charge in [-0.05, 0) is 14.1 Å². The Balaban J connectivity index is 1.70. The molecule has 1 atom stereocenters. The molecule has 3 heterocycles.